The van der Waals surface area contributed by atoms with Gasteiger partial charge in [-0.25, -0.2) is 0 Å². The van der Waals surface area contributed by atoms with Gasteiger partial charge >= 0.3 is 0 Å². The Hall–Kier alpha value is 0.330. The van der Waals surface area contributed by atoms with Crippen LogP contribution in [0.25, 0.3) is 0 Å². The quantitative estimate of drug-likeness (QED) is 0.685. The molecule has 3 aliphatic heterocycles. The minimum atomic E-state index is -0.680. The lowest BCUT2D eigenvalue weighted by molar-refractivity contribution is -0.459. The molecular weight excluding hydrogens is 254 g/mol. The van der Waals surface area contributed by atoms with Crippen LogP contribution in [0.1, 0.15) is 0 Å². The number of rotatable bonds is 3. The van der Waals surface area contributed by atoms with Crippen molar-refractivity contribution in [2.75, 3.05) is 7.11 Å². The first kappa shape index (κ1) is 11.4. The van der Waals surface area contributed by atoms with Gasteiger partial charge in [-0.05, 0) is 0 Å². The molecule has 8 heteroatoms. The molecule has 0 spiro atoms. The molecule has 3 heterocycles. The van der Waals surface area contributed by atoms with Crippen LogP contribution in [0.4, 0.5) is 0 Å². The molecule has 1 saturated carbocycles. The molecule has 0 amide bonds. The second kappa shape index (κ2) is 4.21. The van der Waals surface area contributed by atoms with Gasteiger partial charge in [0, 0.05) is 16.6 Å². The van der Waals surface area contributed by atoms with Crippen LogP contribution in [0.15, 0.2) is 0 Å². The van der Waals surface area contributed by atoms with E-state index in [1.807, 2.05) is 0 Å². The summed E-state index contributed by atoms with van der Waals surface area (Å²) in [5.74, 6) is 0. The highest BCUT2D eigenvalue weighted by Gasteiger charge is 2.63. The van der Waals surface area contributed by atoms with Crippen LogP contribution in [0, 0.1) is 0 Å². The van der Waals surface area contributed by atoms with Crippen LogP contribution >= 0.6 is 17.9 Å². The SMILES string of the molecule is COC1C2OC3O[C@@H]1C(OP)[C@@H](O3)[C@@H]2P=O. The third-order valence-electron chi connectivity index (χ3n) is 3.32. The first-order valence-electron chi connectivity index (χ1n) is 4.97. The van der Waals surface area contributed by atoms with Crippen molar-refractivity contribution in [2.45, 2.75) is 42.7 Å². The first-order valence-corrected chi connectivity index (χ1v) is 6.32. The fourth-order valence-electron chi connectivity index (χ4n) is 2.63. The molecule has 4 aliphatic rings. The predicted molar refractivity (Wildman–Crippen MR) is 55.2 cm³/mol. The third kappa shape index (κ3) is 1.42. The molecule has 3 saturated heterocycles. The van der Waals surface area contributed by atoms with Gasteiger partial charge in [0.15, 0.2) is 8.46 Å². The molecule has 0 aromatic heterocycles. The maximum Gasteiger partial charge on any atom is 0.272 e. The van der Waals surface area contributed by atoms with Crippen molar-refractivity contribution in [2.24, 2.45) is 0 Å². The molecule has 4 rings (SSSR count). The average Bonchev–Trinajstić information content (AvgIpc) is 2.29. The number of methoxy groups -OCH3 is 1. The number of hydrogen-bond donors (Lipinski definition) is 0. The Morgan fingerprint density at radius 1 is 1.12 bits per heavy atom. The zero-order valence-corrected chi connectivity index (χ0v) is 10.6. The van der Waals surface area contributed by atoms with Crippen molar-refractivity contribution < 1.29 is 28.0 Å². The van der Waals surface area contributed by atoms with Gasteiger partial charge in [-0.2, -0.15) is 0 Å². The van der Waals surface area contributed by atoms with Crippen LogP contribution < -0.4 is 0 Å². The predicted octanol–water partition coefficient (Wildman–Crippen LogP) is 0.317. The smallest absolute Gasteiger partial charge is 0.272 e. The molecule has 0 aromatic carbocycles. The van der Waals surface area contributed by atoms with Crippen molar-refractivity contribution in [3.63, 3.8) is 0 Å². The van der Waals surface area contributed by atoms with Crippen molar-refractivity contribution in [1.82, 2.24) is 0 Å². The Morgan fingerprint density at radius 2 is 1.75 bits per heavy atom. The molecule has 4 bridgehead atoms. The van der Waals surface area contributed by atoms with Gasteiger partial charge < -0.3 is 23.5 Å². The van der Waals surface area contributed by atoms with Gasteiger partial charge in [-0.3, -0.25) is 4.57 Å². The molecule has 0 radical (unpaired) electrons. The summed E-state index contributed by atoms with van der Waals surface area (Å²) in [5.41, 5.74) is -0.271. The van der Waals surface area contributed by atoms with E-state index < -0.39 is 6.48 Å². The molecule has 0 aromatic rings. The largest absolute Gasteiger partial charge is 0.376 e. The van der Waals surface area contributed by atoms with Gasteiger partial charge in [-0.15, -0.1) is 0 Å². The summed E-state index contributed by atoms with van der Waals surface area (Å²) >= 11 is 0. The summed E-state index contributed by atoms with van der Waals surface area (Å²) in [5, 5.41) is 0. The van der Waals surface area contributed by atoms with E-state index in [2.05, 4.69) is 9.47 Å². The zero-order valence-electron chi connectivity index (χ0n) is 8.52. The van der Waals surface area contributed by atoms with E-state index in [1.54, 1.807) is 7.11 Å². The van der Waals surface area contributed by atoms with Gasteiger partial charge in [0.2, 0.25) is 0 Å². The Labute approximate surface area is 96.4 Å². The standard InChI is InChI=1S/C8H12O6P2/c1-10-2-3-4(14-15)6-7(16-9)5(2)12-8(11-3)13-6/h2-8H,15H2,1H3/t2?,3-,4?,5?,6+,7+,8?/m0/s1. The van der Waals surface area contributed by atoms with Crippen LogP contribution in [0.5, 0.6) is 0 Å². The lowest BCUT2D eigenvalue weighted by Crippen LogP contribution is -2.74. The Bertz CT molecular complexity index is 280. The monoisotopic (exact) mass is 266 g/mol. The number of hydrogen-bond acceptors (Lipinski definition) is 6. The van der Waals surface area contributed by atoms with E-state index in [0.29, 0.717) is 0 Å². The summed E-state index contributed by atoms with van der Waals surface area (Å²) in [4.78, 5) is 0. The van der Waals surface area contributed by atoms with E-state index >= 15 is 0 Å². The second-order valence-electron chi connectivity index (χ2n) is 3.99. The Balaban J connectivity index is 1.95. The normalized spacial score (nSPS) is 54.8. The molecule has 1 aliphatic carbocycles. The van der Waals surface area contributed by atoms with Crippen LogP contribution in [-0.2, 0) is 28.0 Å². The van der Waals surface area contributed by atoms with E-state index in [4.69, 9.17) is 23.5 Å². The molecule has 16 heavy (non-hydrogen) atoms. The van der Waals surface area contributed by atoms with Gasteiger partial charge in [-0.1, -0.05) is 0 Å². The molecule has 5 unspecified atom stereocenters. The Kier molecular flexibility index (Phi) is 3.01. The lowest BCUT2D eigenvalue weighted by Gasteiger charge is -2.57. The highest BCUT2D eigenvalue weighted by atomic mass is 31.1. The first-order chi connectivity index (χ1) is 7.80. The summed E-state index contributed by atoms with van der Waals surface area (Å²) in [7, 11) is 3.76. The van der Waals surface area contributed by atoms with E-state index in [1.165, 1.54) is 0 Å². The molecule has 0 N–H and O–H groups in total. The topological polar surface area (TPSA) is 63.2 Å². The van der Waals surface area contributed by atoms with Crippen LogP contribution in [0.2, 0.25) is 0 Å². The highest BCUT2D eigenvalue weighted by Crippen LogP contribution is 2.46. The molecule has 90 valence electrons. The van der Waals surface area contributed by atoms with Crippen LogP contribution in [0.3, 0.4) is 0 Å². The molecular formula is C8H12O6P2. The lowest BCUT2D eigenvalue weighted by atomic mass is 9.84. The van der Waals surface area contributed by atoms with Crippen molar-refractivity contribution in [3.8, 4) is 0 Å². The van der Waals surface area contributed by atoms with Gasteiger partial charge in [0.05, 0.1) is 5.66 Å². The molecule has 8 atom stereocenters. The number of ether oxygens (including phenoxy) is 4. The van der Waals surface area contributed by atoms with E-state index in [9.17, 15) is 4.57 Å². The summed E-state index contributed by atoms with van der Waals surface area (Å²) in [6.45, 7) is -0.680. The maximum atomic E-state index is 11.2. The highest BCUT2D eigenvalue weighted by molar-refractivity contribution is 7.25. The van der Waals surface area contributed by atoms with Crippen molar-refractivity contribution in [1.29, 1.82) is 0 Å². The second-order valence-corrected chi connectivity index (χ2v) is 5.07. The molecule has 4 fully saturated rings. The fourth-order valence-corrected chi connectivity index (χ4v) is 3.66. The van der Waals surface area contributed by atoms with Crippen LogP contribution in [-0.4, -0.2) is 49.8 Å². The summed E-state index contributed by atoms with van der Waals surface area (Å²) in [6, 6.07) is 0. The minimum Gasteiger partial charge on any atom is -0.376 e. The summed E-state index contributed by atoms with van der Waals surface area (Å²) < 4.78 is 38.3. The van der Waals surface area contributed by atoms with Gasteiger partial charge in [0.25, 0.3) is 6.48 Å². The fraction of sp³-hybridized carbons (Fsp3) is 1.00. The summed E-state index contributed by atoms with van der Waals surface area (Å²) in [6.07, 6.45) is -1.33. The zero-order chi connectivity index (χ0) is 11.3. The average molecular weight is 266 g/mol. The minimum absolute atomic E-state index is 0.0185. The van der Waals surface area contributed by atoms with E-state index in [-0.39, 0.29) is 44.6 Å². The third-order valence-corrected chi connectivity index (χ3v) is 4.47. The maximum absolute atomic E-state index is 11.2. The van der Waals surface area contributed by atoms with E-state index in [0.717, 1.165) is 0 Å². The van der Waals surface area contributed by atoms with Crippen molar-refractivity contribution >= 4 is 17.9 Å². The molecule has 6 nitrogen and oxygen atoms in total. The van der Waals surface area contributed by atoms with Crippen molar-refractivity contribution in [3.05, 3.63) is 0 Å². The Morgan fingerprint density at radius 3 is 2.31 bits per heavy atom. The van der Waals surface area contributed by atoms with Gasteiger partial charge in [0.1, 0.15) is 30.5 Å².